The molecule has 114 valence electrons. The lowest BCUT2D eigenvalue weighted by atomic mass is 9.90. The molecule has 0 N–H and O–H groups in total. The van der Waals surface area contributed by atoms with Gasteiger partial charge in [-0.25, -0.2) is 0 Å². The van der Waals surface area contributed by atoms with Crippen molar-refractivity contribution in [3.63, 3.8) is 0 Å². The molecule has 2 aromatic rings. The van der Waals surface area contributed by atoms with Gasteiger partial charge in [0, 0.05) is 0 Å². The molecule has 0 aliphatic rings. The first-order valence-electron chi connectivity index (χ1n) is 7.34. The minimum Gasteiger partial charge on any atom is -0.496 e. The standard InChI is InChI=1S/C18H23BrOS/c1-11(2)13-6-7-14(15(10-13)12(3)4)17(19)18-16(20-5)8-9-21-18/h6-12,17H,1-5H3. The molecule has 1 nitrogen and oxygen atoms in total. The zero-order chi connectivity index (χ0) is 15.6. The minimum atomic E-state index is 0.186. The van der Waals surface area contributed by atoms with Gasteiger partial charge in [0.05, 0.1) is 16.8 Å². The predicted molar refractivity (Wildman–Crippen MR) is 96.3 cm³/mol. The van der Waals surface area contributed by atoms with Crippen LogP contribution in [0.25, 0.3) is 0 Å². The molecule has 0 spiro atoms. The highest BCUT2D eigenvalue weighted by Crippen LogP contribution is 2.43. The van der Waals surface area contributed by atoms with Crippen molar-refractivity contribution in [3.05, 3.63) is 51.2 Å². The van der Waals surface area contributed by atoms with Gasteiger partial charge in [0.2, 0.25) is 0 Å². The maximum atomic E-state index is 5.47. The Bertz CT molecular complexity index is 601. The maximum Gasteiger partial charge on any atom is 0.134 e. The van der Waals surface area contributed by atoms with Gasteiger partial charge in [-0.1, -0.05) is 61.8 Å². The van der Waals surface area contributed by atoms with Crippen LogP contribution >= 0.6 is 27.3 Å². The van der Waals surface area contributed by atoms with E-state index in [1.165, 1.54) is 21.6 Å². The summed E-state index contributed by atoms with van der Waals surface area (Å²) in [6.07, 6.45) is 0. The SMILES string of the molecule is COc1ccsc1C(Br)c1ccc(C(C)C)cc1C(C)C. The van der Waals surface area contributed by atoms with Crippen molar-refractivity contribution in [2.24, 2.45) is 0 Å². The Morgan fingerprint density at radius 2 is 1.71 bits per heavy atom. The first-order chi connectivity index (χ1) is 9.95. The molecule has 21 heavy (non-hydrogen) atoms. The van der Waals surface area contributed by atoms with E-state index in [1.54, 1.807) is 18.4 Å². The molecule has 1 heterocycles. The highest BCUT2D eigenvalue weighted by Gasteiger charge is 2.21. The van der Waals surface area contributed by atoms with E-state index in [-0.39, 0.29) is 4.83 Å². The number of hydrogen-bond acceptors (Lipinski definition) is 2. The third kappa shape index (κ3) is 3.51. The summed E-state index contributed by atoms with van der Waals surface area (Å²) in [5, 5.41) is 2.08. The topological polar surface area (TPSA) is 9.23 Å². The molecule has 0 aliphatic carbocycles. The summed E-state index contributed by atoms with van der Waals surface area (Å²) < 4.78 is 5.47. The second-order valence-corrected chi connectivity index (χ2v) is 7.78. The highest BCUT2D eigenvalue weighted by atomic mass is 79.9. The molecule has 2 rings (SSSR count). The number of rotatable bonds is 5. The Kier molecular flexibility index (Phi) is 5.50. The van der Waals surface area contributed by atoms with E-state index in [2.05, 4.69) is 67.2 Å². The molecule has 0 saturated carbocycles. The van der Waals surface area contributed by atoms with Crippen LogP contribution in [0.1, 0.15) is 65.9 Å². The van der Waals surface area contributed by atoms with Gasteiger partial charge < -0.3 is 4.74 Å². The van der Waals surface area contributed by atoms with Gasteiger partial charge in [0.15, 0.2) is 0 Å². The summed E-state index contributed by atoms with van der Waals surface area (Å²) >= 11 is 5.61. The van der Waals surface area contributed by atoms with Crippen LogP contribution in [0.2, 0.25) is 0 Å². The molecular formula is C18H23BrOS. The highest BCUT2D eigenvalue weighted by molar-refractivity contribution is 9.09. The molecule has 1 aromatic heterocycles. The lowest BCUT2D eigenvalue weighted by Crippen LogP contribution is -2.02. The molecule has 0 saturated heterocycles. The number of benzene rings is 1. The molecule has 0 fully saturated rings. The molecule has 0 aliphatic heterocycles. The molecule has 3 heteroatoms. The Labute approximate surface area is 140 Å². The molecule has 0 bridgehead atoms. The smallest absolute Gasteiger partial charge is 0.134 e. The van der Waals surface area contributed by atoms with E-state index in [9.17, 15) is 0 Å². The monoisotopic (exact) mass is 366 g/mol. The fourth-order valence-electron chi connectivity index (χ4n) is 2.49. The predicted octanol–water partition coefficient (Wildman–Crippen LogP) is 6.49. The van der Waals surface area contributed by atoms with E-state index in [4.69, 9.17) is 4.74 Å². The summed E-state index contributed by atoms with van der Waals surface area (Å²) in [5.74, 6) is 2.02. The molecule has 0 radical (unpaired) electrons. The Morgan fingerprint density at radius 1 is 1.00 bits per heavy atom. The van der Waals surface area contributed by atoms with Crippen LogP contribution in [-0.2, 0) is 0 Å². The van der Waals surface area contributed by atoms with Gasteiger partial charge in [-0.15, -0.1) is 11.3 Å². The Morgan fingerprint density at radius 3 is 2.29 bits per heavy atom. The Balaban J connectivity index is 2.47. The molecule has 0 amide bonds. The van der Waals surface area contributed by atoms with Crippen LogP contribution < -0.4 is 4.74 Å². The number of hydrogen-bond donors (Lipinski definition) is 0. The van der Waals surface area contributed by atoms with Crippen molar-refractivity contribution in [1.29, 1.82) is 0 Å². The lowest BCUT2D eigenvalue weighted by molar-refractivity contribution is 0.413. The van der Waals surface area contributed by atoms with Gasteiger partial charge in [-0.05, 0) is 40.0 Å². The molecule has 1 unspecified atom stereocenters. The van der Waals surface area contributed by atoms with Crippen molar-refractivity contribution in [2.45, 2.75) is 44.4 Å². The number of halogens is 1. The van der Waals surface area contributed by atoms with Crippen LogP contribution in [0.4, 0.5) is 0 Å². The summed E-state index contributed by atoms with van der Waals surface area (Å²) in [7, 11) is 1.73. The summed E-state index contributed by atoms with van der Waals surface area (Å²) in [6, 6.07) is 8.91. The van der Waals surface area contributed by atoms with E-state index in [0.29, 0.717) is 11.8 Å². The summed E-state index contributed by atoms with van der Waals surface area (Å²) in [5.41, 5.74) is 4.16. The zero-order valence-corrected chi connectivity index (χ0v) is 15.7. The normalized spacial score (nSPS) is 13.0. The fraction of sp³-hybridized carbons (Fsp3) is 0.444. The van der Waals surface area contributed by atoms with Gasteiger partial charge in [0.25, 0.3) is 0 Å². The van der Waals surface area contributed by atoms with E-state index >= 15 is 0 Å². The summed E-state index contributed by atoms with van der Waals surface area (Å²) in [4.78, 5) is 1.42. The number of methoxy groups -OCH3 is 1. The van der Waals surface area contributed by atoms with Crippen LogP contribution in [0, 0.1) is 0 Å². The van der Waals surface area contributed by atoms with Crippen molar-refractivity contribution in [3.8, 4) is 5.75 Å². The third-order valence-corrected chi connectivity index (χ3v) is 6.00. The fourth-order valence-corrected chi connectivity index (χ4v) is 4.31. The number of ether oxygens (including phenoxy) is 1. The van der Waals surface area contributed by atoms with Crippen LogP contribution in [0.3, 0.4) is 0 Å². The van der Waals surface area contributed by atoms with Gasteiger partial charge in [-0.2, -0.15) is 0 Å². The van der Waals surface area contributed by atoms with Crippen LogP contribution in [0.15, 0.2) is 29.6 Å². The second-order valence-electron chi connectivity index (χ2n) is 5.91. The molecule has 1 aromatic carbocycles. The van der Waals surface area contributed by atoms with Crippen molar-refractivity contribution in [1.82, 2.24) is 0 Å². The van der Waals surface area contributed by atoms with E-state index in [0.717, 1.165) is 5.75 Å². The quantitative estimate of drug-likeness (QED) is 0.549. The van der Waals surface area contributed by atoms with E-state index in [1.807, 2.05) is 6.07 Å². The zero-order valence-electron chi connectivity index (χ0n) is 13.3. The van der Waals surface area contributed by atoms with Gasteiger partial charge in [-0.3, -0.25) is 0 Å². The van der Waals surface area contributed by atoms with Crippen molar-refractivity contribution in [2.75, 3.05) is 7.11 Å². The second kappa shape index (κ2) is 6.97. The van der Waals surface area contributed by atoms with E-state index < -0.39 is 0 Å². The Hall–Kier alpha value is -0.800. The van der Waals surface area contributed by atoms with Crippen LogP contribution in [0.5, 0.6) is 5.75 Å². The molecule has 1 atom stereocenters. The number of alkyl halides is 1. The largest absolute Gasteiger partial charge is 0.496 e. The maximum absolute atomic E-state index is 5.47. The third-order valence-electron chi connectivity index (χ3n) is 3.78. The average Bonchev–Trinajstić information content (AvgIpc) is 2.94. The first-order valence-corrected chi connectivity index (χ1v) is 9.14. The summed E-state index contributed by atoms with van der Waals surface area (Å²) in [6.45, 7) is 9.00. The van der Waals surface area contributed by atoms with Crippen LogP contribution in [-0.4, -0.2) is 7.11 Å². The number of thiophene rings is 1. The van der Waals surface area contributed by atoms with Crippen molar-refractivity contribution < 1.29 is 4.74 Å². The lowest BCUT2D eigenvalue weighted by Gasteiger charge is -2.20. The minimum absolute atomic E-state index is 0.186. The van der Waals surface area contributed by atoms with Gasteiger partial charge in [0.1, 0.15) is 5.75 Å². The average molecular weight is 367 g/mol. The van der Waals surface area contributed by atoms with Crippen molar-refractivity contribution >= 4 is 27.3 Å². The van der Waals surface area contributed by atoms with Gasteiger partial charge >= 0.3 is 0 Å². The molecular weight excluding hydrogens is 344 g/mol. The first kappa shape index (κ1) is 16.6.